The fourth-order valence-electron chi connectivity index (χ4n) is 2.28. The minimum Gasteiger partial charge on any atom is -0.476 e. The van der Waals surface area contributed by atoms with E-state index in [9.17, 15) is 9.59 Å². The Morgan fingerprint density at radius 3 is 3.15 bits per heavy atom. The minimum absolute atomic E-state index is 0.0868. The summed E-state index contributed by atoms with van der Waals surface area (Å²) < 4.78 is 10.2. The number of carboxylic acid groups (broad SMARTS) is 1. The maximum atomic E-state index is 11.8. The van der Waals surface area contributed by atoms with Crippen molar-refractivity contribution >= 4 is 12.1 Å². The Balaban J connectivity index is 2.06. The van der Waals surface area contributed by atoms with Gasteiger partial charge in [-0.15, -0.1) is 0 Å². The number of piperidine rings is 1. The van der Waals surface area contributed by atoms with E-state index in [1.165, 1.54) is 6.08 Å². The lowest BCUT2D eigenvalue weighted by Crippen LogP contribution is -2.39. The molecule has 1 fully saturated rings. The fraction of sp³-hybridized carbons (Fsp3) is 0.462. The van der Waals surface area contributed by atoms with Crippen molar-refractivity contribution in [2.45, 2.75) is 18.8 Å². The van der Waals surface area contributed by atoms with E-state index in [1.807, 2.05) is 0 Å². The van der Waals surface area contributed by atoms with Crippen molar-refractivity contribution in [2.24, 2.45) is 0 Å². The van der Waals surface area contributed by atoms with Gasteiger partial charge in [0.1, 0.15) is 12.4 Å². The third-order valence-corrected chi connectivity index (χ3v) is 3.17. The van der Waals surface area contributed by atoms with E-state index in [-0.39, 0.29) is 18.2 Å². The van der Waals surface area contributed by atoms with Gasteiger partial charge in [-0.25, -0.2) is 14.6 Å². The predicted molar refractivity (Wildman–Crippen MR) is 68.6 cm³/mol. The molecule has 1 unspecified atom stereocenters. The number of ether oxygens (including phenoxy) is 1. The van der Waals surface area contributed by atoms with Crippen LogP contribution in [0.1, 0.15) is 35.0 Å². The molecular formula is C13H16N2O5. The largest absolute Gasteiger partial charge is 0.476 e. The van der Waals surface area contributed by atoms with Crippen LogP contribution < -0.4 is 0 Å². The van der Waals surface area contributed by atoms with Gasteiger partial charge in [0.2, 0.25) is 0 Å². The van der Waals surface area contributed by atoms with E-state index in [4.69, 9.17) is 14.3 Å². The van der Waals surface area contributed by atoms with Crippen LogP contribution in [0.4, 0.5) is 4.79 Å². The van der Waals surface area contributed by atoms with Crippen LogP contribution in [0.15, 0.2) is 23.5 Å². The molecule has 1 aliphatic rings. The molecule has 20 heavy (non-hydrogen) atoms. The molecule has 0 aliphatic carbocycles. The predicted octanol–water partition coefficient (Wildman–Crippen LogP) is 1.87. The van der Waals surface area contributed by atoms with E-state index in [1.54, 1.807) is 4.90 Å². The molecule has 7 nitrogen and oxygen atoms in total. The Kier molecular flexibility index (Phi) is 4.39. The number of carbonyl (C=O) groups excluding carboxylic acids is 1. The molecule has 0 spiro atoms. The molecule has 2 heterocycles. The number of oxazole rings is 1. The van der Waals surface area contributed by atoms with Gasteiger partial charge in [-0.1, -0.05) is 12.7 Å². The van der Waals surface area contributed by atoms with Gasteiger partial charge in [-0.2, -0.15) is 0 Å². The van der Waals surface area contributed by atoms with Gasteiger partial charge >= 0.3 is 12.1 Å². The van der Waals surface area contributed by atoms with E-state index in [0.29, 0.717) is 18.8 Å². The highest BCUT2D eigenvalue weighted by atomic mass is 16.6. The number of nitrogens with zero attached hydrogens (tertiary/aromatic N) is 2. The third kappa shape index (κ3) is 2.98. The maximum absolute atomic E-state index is 11.8. The quantitative estimate of drug-likeness (QED) is 0.846. The average Bonchev–Trinajstić information content (AvgIpc) is 2.94. The standard InChI is InChI=1S/C13H16N2O5/c1-2-6-19-13(18)15-5-3-4-9(7-15)11-10(12(16)17)14-8-20-11/h2,8-9H,1,3-7H2,(H,16,17). The van der Waals surface area contributed by atoms with E-state index < -0.39 is 12.1 Å². The maximum Gasteiger partial charge on any atom is 0.410 e. The number of rotatable bonds is 4. The first-order chi connectivity index (χ1) is 9.63. The van der Waals surface area contributed by atoms with Crippen molar-refractivity contribution in [2.75, 3.05) is 19.7 Å². The molecule has 1 aromatic rings. The van der Waals surface area contributed by atoms with E-state index in [2.05, 4.69) is 11.6 Å². The second-order valence-electron chi connectivity index (χ2n) is 4.52. The summed E-state index contributed by atoms with van der Waals surface area (Å²) in [5.41, 5.74) is -0.0868. The van der Waals surface area contributed by atoms with Gasteiger partial charge in [0.05, 0.1) is 0 Å². The summed E-state index contributed by atoms with van der Waals surface area (Å²) in [6, 6.07) is 0. The van der Waals surface area contributed by atoms with E-state index in [0.717, 1.165) is 19.2 Å². The summed E-state index contributed by atoms with van der Waals surface area (Å²) in [6.07, 6.45) is 3.70. The molecule has 1 aliphatic heterocycles. The molecule has 0 aromatic carbocycles. The Labute approximate surface area is 115 Å². The number of aromatic nitrogens is 1. The summed E-state index contributed by atoms with van der Waals surface area (Å²) in [6.45, 7) is 4.59. The van der Waals surface area contributed by atoms with Crippen molar-refractivity contribution in [3.63, 3.8) is 0 Å². The zero-order valence-electron chi connectivity index (χ0n) is 10.9. The number of carboxylic acids is 1. The average molecular weight is 280 g/mol. The highest BCUT2D eigenvalue weighted by molar-refractivity contribution is 5.86. The molecule has 7 heteroatoms. The molecule has 108 valence electrons. The van der Waals surface area contributed by atoms with Crippen LogP contribution in [0.3, 0.4) is 0 Å². The second-order valence-corrected chi connectivity index (χ2v) is 4.52. The SMILES string of the molecule is C=CCOC(=O)N1CCCC(c2ocnc2C(=O)O)C1. The summed E-state index contributed by atoms with van der Waals surface area (Å²) in [7, 11) is 0. The van der Waals surface area contributed by atoms with Gasteiger partial charge in [-0.3, -0.25) is 0 Å². The summed E-state index contributed by atoms with van der Waals surface area (Å²) >= 11 is 0. The smallest absolute Gasteiger partial charge is 0.410 e. The highest BCUT2D eigenvalue weighted by Crippen LogP contribution is 2.29. The molecule has 1 atom stereocenters. The van der Waals surface area contributed by atoms with Crippen molar-refractivity contribution in [3.8, 4) is 0 Å². The van der Waals surface area contributed by atoms with Crippen LogP contribution in [0.5, 0.6) is 0 Å². The molecule has 2 rings (SSSR count). The molecule has 1 aromatic heterocycles. The lowest BCUT2D eigenvalue weighted by atomic mass is 9.94. The number of likely N-dealkylation sites (tertiary alicyclic amines) is 1. The first kappa shape index (κ1) is 14.1. The monoisotopic (exact) mass is 280 g/mol. The molecule has 0 radical (unpaired) electrons. The molecule has 1 N–H and O–H groups in total. The van der Waals surface area contributed by atoms with Crippen molar-refractivity contribution in [1.29, 1.82) is 0 Å². The van der Waals surface area contributed by atoms with Crippen molar-refractivity contribution in [3.05, 3.63) is 30.5 Å². The zero-order valence-corrected chi connectivity index (χ0v) is 10.9. The molecule has 0 saturated carbocycles. The summed E-state index contributed by atoms with van der Waals surface area (Å²) in [4.78, 5) is 28.1. The van der Waals surface area contributed by atoms with Crippen molar-refractivity contribution < 1.29 is 23.8 Å². The zero-order chi connectivity index (χ0) is 14.5. The van der Waals surface area contributed by atoms with Gasteiger partial charge in [0.25, 0.3) is 0 Å². The van der Waals surface area contributed by atoms with Gasteiger partial charge < -0.3 is 19.2 Å². The summed E-state index contributed by atoms with van der Waals surface area (Å²) in [5.74, 6) is -0.979. The number of aromatic carboxylic acids is 1. The normalized spacial score (nSPS) is 18.6. The Morgan fingerprint density at radius 1 is 1.65 bits per heavy atom. The molecular weight excluding hydrogens is 264 g/mol. The second kappa shape index (κ2) is 6.23. The lowest BCUT2D eigenvalue weighted by molar-refractivity contribution is 0.0686. The third-order valence-electron chi connectivity index (χ3n) is 3.17. The number of carbonyl (C=O) groups is 2. The highest BCUT2D eigenvalue weighted by Gasteiger charge is 2.31. The fourth-order valence-corrected chi connectivity index (χ4v) is 2.28. The lowest BCUT2D eigenvalue weighted by Gasteiger charge is -2.30. The first-order valence-electron chi connectivity index (χ1n) is 6.32. The number of amides is 1. The number of hydrogen-bond acceptors (Lipinski definition) is 5. The minimum atomic E-state index is -1.12. The van der Waals surface area contributed by atoms with Crippen LogP contribution in [0.25, 0.3) is 0 Å². The Morgan fingerprint density at radius 2 is 2.45 bits per heavy atom. The Hall–Kier alpha value is -2.31. The number of hydrogen-bond donors (Lipinski definition) is 1. The van der Waals surface area contributed by atoms with E-state index >= 15 is 0 Å². The van der Waals surface area contributed by atoms with Gasteiger partial charge in [-0.05, 0) is 12.8 Å². The Bertz CT molecular complexity index is 511. The van der Waals surface area contributed by atoms with Gasteiger partial charge in [0, 0.05) is 19.0 Å². The first-order valence-corrected chi connectivity index (χ1v) is 6.32. The molecule has 1 saturated heterocycles. The van der Waals surface area contributed by atoms with Gasteiger partial charge in [0.15, 0.2) is 12.1 Å². The summed E-state index contributed by atoms with van der Waals surface area (Å²) in [5, 5.41) is 9.04. The van der Waals surface area contributed by atoms with Crippen LogP contribution in [-0.4, -0.2) is 46.7 Å². The molecule has 1 amide bonds. The van der Waals surface area contributed by atoms with Crippen LogP contribution in [0.2, 0.25) is 0 Å². The van der Waals surface area contributed by atoms with Crippen molar-refractivity contribution in [1.82, 2.24) is 9.88 Å². The topological polar surface area (TPSA) is 92.9 Å². The molecule has 0 bridgehead atoms. The van der Waals surface area contributed by atoms with Crippen LogP contribution >= 0.6 is 0 Å². The van der Waals surface area contributed by atoms with Crippen LogP contribution in [0, 0.1) is 0 Å². The van der Waals surface area contributed by atoms with Crippen LogP contribution in [-0.2, 0) is 4.74 Å².